The Balaban J connectivity index is 2.31. The molecular formula is C13H9ClF3NO2. The Morgan fingerprint density at radius 1 is 1.10 bits per heavy atom. The number of hydrogen-bond donors (Lipinski definition) is 0. The van der Waals surface area contributed by atoms with Gasteiger partial charge < -0.3 is 9.47 Å². The topological polar surface area (TPSA) is 31.4 Å². The van der Waals surface area contributed by atoms with Crippen molar-refractivity contribution in [2.24, 2.45) is 0 Å². The van der Waals surface area contributed by atoms with Gasteiger partial charge in [-0.15, -0.1) is 0 Å². The standard InChI is InChI=1S/C13H9ClF3NO2/c1-19-9-3-2-4-10(7-9)20-12-6-8(13(15,16)17)5-11(14)18-12/h2-7H,1H3. The molecule has 1 heterocycles. The van der Waals surface area contributed by atoms with E-state index in [0.717, 1.165) is 12.1 Å². The quantitative estimate of drug-likeness (QED) is 0.779. The molecule has 0 N–H and O–H groups in total. The molecule has 20 heavy (non-hydrogen) atoms. The number of hydrogen-bond acceptors (Lipinski definition) is 3. The lowest BCUT2D eigenvalue weighted by Gasteiger charge is -2.10. The summed E-state index contributed by atoms with van der Waals surface area (Å²) in [7, 11) is 1.47. The molecule has 1 aromatic carbocycles. The molecule has 0 saturated carbocycles. The van der Waals surface area contributed by atoms with E-state index in [4.69, 9.17) is 21.1 Å². The summed E-state index contributed by atoms with van der Waals surface area (Å²) in [6, 6.07) is 7.93. The summed E-state index contributed by atoms with van der Waals surface area (Å²) >= 11 is 5.57. The molecular weight excluding hydrogens is 295 g/mol. The average Bonchev–Trinajstić information content (AvgIpc) is 2.37. The van der Waals surface area contributed by atoms with Gasteiger partial charge in [0.05, 0.1) is 12.7 Å². The van der Waals surface area contributed by atoms with E-state index in [1.54, 1.807) is 18.2 Å². The minimum atomic E-state index is -4.51. The van der Waals surface area contributed by atoms with Crippen molar-refractivity contribution in [3.63, 3.8) is 0 Å². The molecule has 0 unspecified atom stereocenters. The molecule has 106 valence electrons. The van der Waals surface area contributed by atoms with Crippen LogP contribution in [-0.4, -0.2) is 12.1 Å². The van der Waals surface area contributed by atoms with Crippen LogP contribution in [0.2, 0.25) is 5.15 Å². The van der Waals surface area contributed by atoms with Gasteiger partial charge in [0.2, 0.25) is 5.88 Å². The summed E-state index contributed by atoms with van der Waals surface area (Å²) in [6.07, 6.45) is -4.51. The second-order valence-corrected chi connectivity index (χ2v) is 4.18. The highest BCUT2D eigenvalue weighted by atomic mass is 35.5. The van der Waals surface area contributed by atoms with Crippen LogP contribution in [0.5, 0.6) is 17.4 Å². The predicted octanol–water partition coefficient (Wildman–Crippen LogP) is 4.55. The number of halogens is 4. The van der Waals surface area contributed by atoms with Crippen LogP contribution in [0.1, 0.15) is 5.56 Å². The number of benzene rings is 1. The van der Waals surface area contributed by atoms with E-state index in [0.29, 0.717) is 11.5 Å². The monoisotopic (exact) mass is 303 g/mol. The summed E-state index contributed by atoms with van der Waals surface area (Å²) < 4.78 is 48.2. The zero-order valence-corrected chi connectivity index (χ0v) is 11.0. The highest BCUT2D eigenvalue weighted by molar-refractivity contribution is 6.29. The third kappa shape index (κ3) is 3.54. The van der Waals surface area contributed by atoms with Crippen LogP contribution in [0.15, 0.2) is 36.4 Å². The molecule has 0 amide bonds. The van der Waals surface area contributed by atoms with Gasteiger partial charge in [-0.1, -0.05) is 17.7 Å². The van der Waals surface area contributed by atoms with E-state index in [1.807, 2.05) is 0 Å². The molecule has 0 atom stereocenters. The van der Waals surface area contributed by atoms with Crippen molar-refractivity contribution >= 4 is 11.6 Å². The number of ether oxygens (including phenoxy) is 2. The van der Waals surface area contributed by atoms with Gasteiger partial charge in [-0.25, -0.2) is 4.98 Å². The third-order valence-electron chi connectivity index (χ3n) is 2.36. The third-order valence-corrected chi connectivity index (χ3v) is 2.56. The first-order valence-electron chi connectivity index (χ1n) is 5.45. The summed E-state index contributed by atoms with van der Waals surface area (Å²) in [5.74, 6) is 0.575. The van der Waals surface area contributed by atoms with Crippen LogP contribution < -0.4 is 9.47 Å². The number of alkyl halides is 3. The number of pyridine rings is 1. The SMILES string of the molecule is COc1cccc(Oc2cc(C(F)(F)F)cc(Cl)n2)c1. The smallest absolute Gasteiger partial charge is 0.416 e. The molecule has 0 radical (unpaired) electrons. The van der Waals surface area contributed by atoms with Crippen LogP contribution in [0.25, 0.3) is 0 Å². The van der Waals surface area contributed by atoms with Crippen LogP contribution in [0, 0.1) is 0 Å². The van der Waals surface area contributed by atoms with Gasteiger partial charge >= 0.3 is 6.18 Å². The largest absolute Gasteiger partial charge is 0.497 e. The van der Waals surface area contributed by atoms with Crippen molar-refractivity contribution in [3.05, 3.63) is 47.1 Å². The second-order valence-electron chi connectivity index (χ2n) is 3.80. The molecule has 7 heteroatoms. The Hall–Kier alpha value is -1.95. The van der Waals surface area contributed by atoms with Gasteiger partial charge in [0.15, 0.2) is 0 Å². The Bertz CT molecular complexity index is 617. The molecule has 0 bridgehead atoms. The molecule has 1 aromatic heterocycles. The lowest BCUT2D eigenvalue weighted by molar-refractivity contribution is -0.137. The lowest BCUT2D eigenvalue weighted by Crippen LogP contribution is -2.05. The van der Waals surface area contributed by atoms with E-state index < -0.39 is 11.7 Å². The van der Waals surface area contributed by atoms with E-state index in [2.05, 4.69) is 4.98 Å². The highest BCUT2D eigenvalue weighted by Crippen LogP contribution is 2.34. The summed E-state index contributed by atoms with van der Waals surface area (Å²) in [6.45, 7) is 0. The second kappa shape index (κ2) is 5.58. The number of rotatable bonds is 3. The van der Waals surface area contributed by atoms with Crippen LogP contribution in [-0.2, 0) is 6.18 Å². The maximum atomic E-state index is 12.6. The first-order valence-corrected chi connectivity index (χ1v) is 5.83. The fraction of sp³-hybridized carbons (Fsp3) is 0.154. The van der Waals surface area contributed by atoms with Gasteiger partial charge in [-0.3, -0.25) is 0 Å². The van der Waals surface area contributed by atoms with Crippen molar-refractivity contribution in [2.45, 2.75) is 6.18 Å². The number of nitrogens with zero attached hydrogens (tertiary/aromatic N) is 1. The Labute approximate surface area is 117 Å². The fourth-order valence-electron chi connectivity index (χ4n) is 1.47. The summed E-state index contributed by atoms with van der Waals surface area (Å²) in [5.41, 5.74) is -0.921. The van der Waals surface area contributed by atoms with Crippen molar-refractivity contribution < 1.29 is 22.6 Å². The Morgan fingerprint density at radius 3 is 2.45 bits per heavy atom. The molecule has 0 saturated heterocycles. The zero-order valence-electron chi connectivity index (χ0n) is 10.2. The minimum absolute atomic E-state index is 0.238. The maximum Gasteiger partial charge on any atom is 0.416 e. The summed E-state index contributed by atoms with van der Waals surface area (Å²) in [4.78, 5) is 3.70. The van der Waals surface area contributed by atoms with E-state index in [9.17, 15) is 13.2 Å². The molecule has 0 aliphatic rings. The van der Waals surface area contributed by atoms with Crippen LogP contribution in [0.4, 0.5) is 13.2 Å². The van der Waals surface area contributed by atoms with Gasteiger partial charge in [-0.05, 0) is 18.2 Å². The van der Waals surface area contributed by atoms with E-state index in [1.165, 1.54) is 13.2 Å². The first kappa shape index (κ1) is 14.5. The average molecular weight is 304 g/mol. The van der Waals surface area contributed by atoms with Gasteiger partial charge in [0.25, 0.3) is 0 Å². The Kier molecular flexibility index (Phi) is 4.04. The van der Waals surface area contributed by atoms with Crippen molar-refractivity contribution in [1.82, 2.24) is 4.98 Å². The van der Waals surface area contributed by atoms with Gasteiger partial charge in [-0.2, -0.15) is 13.2 Å². The Morgan fingerprint density at radius 2 is 1.80 bits per heavy atom. The highest BCUT2D eigenvalue weighted by Gasteiger charge is 2.31. The van der Waals surface area contributed by atoms with Crippen molar-refractivity contribution in [3.8, 4) is 17.4 Å². The van der Waals surface area contributed by atoms with E-state index >= 15 is 0 Å². The first-order chi connectivity index (χ1) is 9.38. The number of methoxy groups -OCH3 is 1. The molecule has 2 rings (SSSR count). The molecule has 2 aromatic rings. The number of aromatic nitrogens is 1. The molecule has 3 nitrogen and oxygen atoms in total. The lowest BCUT2D eigenvalue weighted by atomic mass is 10.2. The van der Waals surface area contributed by atoms with Gasteiger partial charge in [0, 0.05) is 12.1 Å². The molecule has 0 spiro atoms. The normalized spacial score (nSPS) is 11.2. The van der Waals surface area contributed by atoms with Crippen LogP contribution >= 0.6 is 11.6 Å². The molecule has 0 aliphatic heterocycles. The zero-order chi connectivity index (χ0) is 14.8. The minimum Gasteiger partial charge on any atom is -0.497 e. The van der Waals surface area contributed by atoms with Gasteiger partial charge in [0.1, 0.15) is 16.7 Å². The fourth-order valence-corrected chi connectivity index (χ4v) is 1.68. The maximum absolute atomic E-state index is 12.6. The van der Waals surface area contributed by atoms with E-state index in [-0.39, 0.29) is 11.0 Å². The van der Waals surface area contributed by atoms with Crippen LogP contribution in [0.3, 0.4) is 0 Å². The van der Waals surface area contributed by atoms with Crippen molar-refractivity contribution in [1.29, 1.82) is 0 Å². The molecule has 0 fully saturated rings. The predicted molar refractivity (Wildman–Crippen MR) is 67.3 cm³/mol. The summed E-state index contributed by atoms with van der Waals surface area (Å²) in [5, 5.41) is -0.294. The van der Waals surface area contributed by atoms with Crippen molar-refractivity contribution in [2.75, 3.05) is 7.11 Å². The molecule has 0 aliphatic carbocycles.